The molecular formula is C14H21N3O2. The van der Waals surface area contributed by atoms with Gasteiger partial charge in [0, 0.05) is 19.2 Å². The molecule has 0 spiro atoms. The molecule has 1 heterocycles. The number of aliphatic hydroxyl groups is 1. The maximum Gasteiger partial charge on any atom is 0.123 e. The van der Waals surface area contributed by atoms with Gasteiger partial charge in [-0.15, -0.1) is 0 Å². The van der Waals surface area contributed by atoms with E-state index in [1.54, 1.807) is 7.11 Å². The van der Waals surface area contributed by atoms with E-state index in [0.717, 1.165) is 48.4 Å². The second-order valence-electron chi connectivity index (χ2n) is 4.52. The molecule has 0 unspecified atom stereocenters. The van der Waals surface area contributed by atoms with Crippen molar-refractivity contribution in [2.45, 2.75) is 32.4 Å². The third-order valence-electron chi connectivity index (χ3n) is 3.26. The molecule has 0 amide bonds. The van der Waals surface area contributed by atoms with Crippen LogP contribution in [0.25, 0.3) is 11.0 Å². The maximum atomic E-state index is 8.81. The van der Waals surface area contributed by atoms with Crippen molar-refractivity contribution < 1.29 is 9.84 Å². The minimum Gasteiger partial charge on any atom is -0.497 e. The fourth-order valence-electron chi connectivity index (χ4n) is 2.24. The van der Waals surface area contributed by atoms with Crippen molar-refractivity contribution in [1.29, 1.82) is 0 Å². The Balaban J connectivity index is 2.27. The molecule has 0 aliphatic heterocycles. The SMILES string of the molecule is COc1ccc2nc(CN)n(CCCCCO)c2c1. The van der Waals surface area contributed by atoms with Crippen molar-refractivity contribution in [3.05, 3.63) is 24.0 Å². The molecule has 2 aromatic rings. The van der Waals surface area contributed by atoms with E-state index >= 15 is 0 Å². The van der Waals surface area contributed by atoms with Crippen molar-refractivity contribution >= 4 is 11.0 Å². The first-order valence-electron chi connectivity index (χ1n) is 6.64. The van der Waals surface area contributed by atoms with Gasteiger partial charge in [0.1, 0.15) is 11.6 Å². The van der Waals surface area contributed by atoms with Crippen LogP contribution in [-0.2, 0) is 13.1 Å². The Morgan fingerprint density at radius 2 is 2.16 bits per heavy atom. The minimum atomic E-state index is 0.252. The third kappa shape index (κ3) is 3.05. The fraction of sp³-hybridized carbons (Fsp3) is 0.500. The van der Waals surface area contributed by atoms with E-state index in [1.807, 2.05) is 18.2 Å². The third-order valence-corrected chi connectivity index (χ3v) is 3.26. The first-order chi connectivity index (χ1) is 9.30. The van der Waals surface area contributed by atoms with Gasteiger partial charge in [-0.3, -0.25) is 0 Å². The van der Waals surface area contributed by atoms with Crippen molar-refractivity contribution in [2.24, 2.45) is 5.73 Å². The summed E-state index contributed by atoms with van der Waals surface area (Å²) in [4.78, 5) is 4.54. The van der Waals surface area contributed by atoms with Crippen LogP contribution in [0.1, 0.15) is 25.1 Å². The van der Waals surface area contributed by atoms with Crippen LogP contribution in [-0.4, -0.2) is 28.4 Å². The summed E-state index contributed by atoms with van der Waals surface area (Å²) >= 11 is 0. The lowest BCUT2D eigenvalue weighted by Gasteiger charge is -2.08. The highest BCUT2D eigenvalue weighted by Gasteiger charge is 2.10. The smallest absolute Gasteiger partial charge is 0.123 e. The summed E-state index contributed by atoms with van der Waals surface area (Å²) in [5.41, 5.74) is 7.77. The predicted octanol–water partition coefficient (Wildman–Crippen LogP) is 1.67. The summed E-state index contributed by atoms with van der Waals surface area (Å²) in [7, 11) is 1.66. The standard InChI is InChI=1S/C14H21N3O2/c1-19-11-5-6-12-13(9-11)17(14(10-15)16-12)7-3-2-4-8-18/h5-6,9,18H,2-4,7-8,10,15H2,1H3. The number of fused-ring (bicyclic) bond motifs is 1. The second-order valence-corrected chi connectivity index (χ2v) is 4.52. The summed E-state index contributed by atoms with van der Waals surface area (Å²) in [5.74, 6) is 1.72. The number of aryl methyl sites for hydroxylation is 1. The van der Waals surface area contributed by atoms with Gasteiger partial charge in [-0.2, -0.15) is 0 Å². The van der Waals surface area contributed by atoms with E-state index in [1.165, 1.54) is 0 Å². The van der Waals surface area contributed by atoms with Gasteiger partial charge in [0.25, 0.3) is 0 Å². The molecule has 0 atom stereocenters. The zero-order valence-corrected chi connectivity index (χ0v) is 11.3. The fourth-order valence-corrected chi connectivity index (χ4v) is 2.24. The van der Waals surface area contributed by atoms with Crippen LogP contribution in [0, 0.1) is 0 Å². The number of ether oxygens (including phenoxy) is 1. The van der Waals surface area contributed by atoms with Crippen LogP contribution in [0.3, 0.4) is 0 Å². The van der Waals surface area contributed by atoms with Crippen LogP contribution >= 0.6 is 0 Å². The highest BCUT2D eigenvalue weighted by molar-refractivity contribution is 5.77. The molecule has 0 bridgehead atoms. The number of hydrogen-bond donors (Lipinski definition) is 2. The number of methoxy groups -OCH3 is 1. The van der Waals surface area contributed by atoms with Gasteiger partial charge in [0.2, 0.25) is 0 Å². The lowest BCUT2D eigenvalue weighted by Crippen LogP contribution is -2.08. The molecule has 2 rings (SSSR count). The summed E-state index contributed by atoms with van der Waals surface area (Å²) in [5, 5.41) is 8.81. The van der Waals surface area contributed by atoms with Gasteiger partial charge in [-0.05, 0) is 31.4 Å². The summed E-state index contributed by atoms with van der Waals surface area (Å²) in [6.45, 7) is 1.55. The van der Waals surface area contributed by atoms with Crippen LogP contribution in [0.15, 0.2) is 18.2 Å². The topological polar surface area (TPSA) is 73.3 Å². The molecule has 1 aromatic heterocycles. The Hall–Kier alpha value is -1.59. The number of aliphatic hydroxyl groups excluding tert-OH is 1. The Bertz CT molecular complexity index is 537. The Labute approximate surface area is 113 Å². The first-order valence-corrected chi connectivity index (χ1v) is 6.64. The van der Waals surface area contributed by atoms with Crippen molar-refractivity contribution in [2.75, 3.05) is 13.7 Å². The molecule has 0 radical (unpaired) electrons. The zero-order chi connectivity index (χ0) is 13.7. The molecule has 0 fully saturated rings. The molecule has 1 aromatic carbocycles. The normalized spacial score (nSPS) is 11.1. The van der Waals surface area contributed by atoms with Crippen molar-refractivity contribution in [1.82, 2.24) is 9.55 Å². The molecule has 104 valence electrons. The highest BCUT2D eigenvalue weighted by Crippen LogP contribution is 2.22. The van der Waals surface area contributed by atoms with E-state index in [2.05, 4.69) is 9.55 Å². The first kappa shape index (κ1) is 13.8. The predicted molar refractivity (Wildman–Crippen MR) is 75.1 cm³/mol. The summed E-state index contributed by atoms with van der Waals surface area (Å²) in [6, 6.07) is 5.86. The van der Waals surface area contributed by atoms with Crippen LogP contribution < -0.4 is 10.5 Å². The van der Waals surface area contributed by atoms with Crippen LogP contribution in [0.4, 0.5) is 0 Å². The lowest BCUT2D eigenvalue weighted by atomic mass is 10.2. The molecule has 19 heavy (non-hydrogen) atoms. The van der Waals surface area contributed by atoms with E-state index in [0.29, 0.717) is 6.54 Å². The molecule has 0 aliphatic carbocycles. The Kier molecular flexibility index (Phi) is 4.76. The molecule has 0 saturated heterocycles. The van der Waals surface area contributed by atoms with Gasteiger partial charge in [0.05, 0.1) is 24.7 Å². The minimum absolute atomic E-state index is 0.252. The molecule has 0 saturated carbocycles. The molecule has 5 heteroatoms. The summed E-state index contributed by atoms with van der Waals surface area (Å²) < 4.78 is 7.41. The van der Waals surface area contributed by atoms with Crippen molar-refractivity contribution in [3.8, 4) is 5.75 Å². The Morgan fingerprint density at radius 1 is 1.32 bits per heavy atom. The van der Waals surface area contributed by atoms with Gasteiger partial charge in [-0.25, -0.2) is 4.98 Å². The highest BCUT2D eigenvalue weighted by atomic mass is 16.5. The van der Waals surface area contributed by atoms with Crippen LogP contribution in [0.2, 0.25) is 0 Å². The average Bonchev–Trinajstić information content (AvgIpc) is 2.80. The van der Waals surface area contributed by atoms with E-state index in [9.17, 15) is 0 Å². The van der Waals surface area contributed by atoms with E-state index in [-0.39, 0.29) is 6.61 Å². The number of nitrogens with zero attached hydrogens (tertiary/aromatic N) is 2. The van der Waals surface area contributed by atoms with Gasteiger partial charge >= 0.3 is 0 Å². The number of imidazole rings is 1. The quantitative estimate of drug-likeness (QED) is 0.745. The number of rotatable bonds is 7. The number of hydrogen-bond acceptors (Lipinski definition) is 4. The molecule has 3 N–H and O–H groups in total. The van der Waals surface area contributed by atoms with Gasteiger partial charge in [-0.1, -0.05) is 0 Å². The number of benzene rings is 1. The number of aromatic nitrogens is 2. The van der Waals surface area contributed by atoms with E-state index < -0.39 is 0 Å². The lowest BCUT2D eigenvalue weighted by molar-refractivity contribution is 0.282. The number of unbranched alkanes of at least 4 members (excludes halogenated alkanes) is 2. The molecule has 0 aliphatic rings. The Morgan fingerprint density at radius 3 is 2.84 bits per heavy atom. The summed E-state index contributed by atoms with van der Waals surface area (Å²) in [6.07, 6.45) is 2.86. The molecule has 5 nitrogen and oxygen atoms in total. The number of nitrogens with two attached hydrogens (primary N) is 1. The van der Waals surface area contributed by atoms with Gasteiger partial charge in [0.15, 0.2) is 0 Å². The maximum absolute atomic E-state index is 8.81. The van der Waals surface area contributed by atoms with Crippen LogP contribution in [0.5, 0.6) is 5.75 Å². The van der Waals surface area contributed by atoms with Crippen molar-refractivity contribution in [3.63, 3.8) is 0 Å². The second kappa shape index (κ2) is 6.54. The average molecular weight is 263 g/mol. The largest absolute Gasteiger partial charge is 0.497 e. The van der Waals surface area contributed by atoms with Gasteiger partial charge < -0.3 is 20.1 Å². The molecular weight excluding hydrogens is 242 g/mol. The monoisotopic (exact) mass is 263 g/mol. The van der Waals surface area contributed by atoms with E-state index in [4.69, 9.17) is 15.6 Å². The zero-order valence-electron chi connectivity index (χ0n) is 11.3.